The predicted molar refractivity (Wildman–Crippen MR) is 76.2 cm³/mol. The third-order valence-electron chi connectivity index (χ3n) is 4.51. The van der Waals surface area contributed by atoms with Crippen LogP contribution in [0, 0.1) is 5.92 Å². The van der Waals surface area contributed by atoms with Crippen LogP contribution in [0.1, 0.15) is 18.0 Å². The minimum Gasteiger partial charge on any atom is -0.370 e. The number of nitrogens with zero attached hydrogens (tertiary/aromatic N) is 2. The van der Waals surface area contributed by atoms with E-state index in [-0.39, 0.29) is 6.04 Å². The summed E-state index contributed by atoms with van der Waals surface area (Å²) in [6.07, 6.45) is 1.16. The highest BCUT2D eigenvalue weighted by atomic mass is 35.5. The van der Waals surface area contributed by atoms with E-state index >= 15 is 0 Å². The first-order valence-corrected chi connectivity index (χ1v) is 6.92. The van der Waals surface area contributed by atoms with Crippen LogP contribution >= 0.6 is 11.6 Å². The van der Waals surface area contributed by atoms with Crippen molar-refractivity contribution in [2.75, 3.05) is 32.1 Å². The molecule has 0 bridgehead atoms. The Hall–Kier alpha value is -0.770. The summed E-state index contributed by atoms with van der Waals surface area (Å²) in [5, 5.41) is 0.822. The zero-order valence-electron chi connectivity index (χ0n) is 10.9. The molecule has 3 rings (SSSR count). The normalized spacial score (nSPS) is 32.0. The Bertz CT molecular complexity index is 462. The first kappa shape index (κ1) is 12.3. The summed E-state index contributed by atoms with van der Waals surface area (Å²) in [4.78, 5) is 4.73. The lowest BCUT2D eigenvalue weighted by Gasteiger charge is -2.49. The van der Waals surface area contributed by atoms with Gasteiger partial charge in [-0.3, -0.25) is 0 Å². The first-order valence-electron chi connectivity index (χ1n) is 6.55. The molecule has 0 saturated carbocycles. The summed E-state index contributed by atoms with van der Waals surface area (Å²) in [5.74, 6) is 0.500. The van der Waals surface area contributed by atoms with Crippen molar-refractivity contribution in [1.29, 1.82) is 0 Å². The van der Waals surface area contributed by atoms with Gasteiger partial charge in [0.2, 0.25) is 0 Å². The molecular weight excluding hydrogens is 246 g/mol. The number of anilines is 1. The van der Waals surface area contributed by atoms with E-state index < -0.39 is 0 Å². The number of nitrogens with two attached hydrogens (primary N) is 1. The summed E-state index contributed by atoms with van der Waals surface area (Å²) < 4.78 is 0. The SMILES string of the molecule is CN1CCC2C(C1)C(N)c1cccc(Cl)c1N2C. The third-order valence-corrected chi connectivity index (χ3v) is 4.82. The van der Waals surface area contributed by atoms with Gasteiger partial charge in [-0.05, 0) is 31.6 Å². The molecule has 2 aliphatic heterocycles. The molecule has 0 amide bonds. The van der Waals surface area contributed by atoms with Gasteiger partial charge in [-0.25, -0.2) is 0 Å². The third kappa shape index (κ3) is 1.73. The highest BCUT2D eigenvalue weighted by Crippen LogP contribution is 2.44. The van der Waals surface area contributed by atoms with Crippen LogP contribution in [0.5, 0.6) is 0 Å². The van der Waals surface area contributed by atoms with E-state index in [2.05, 4.69) is 30.0 Å². The summed E-state index contributed by atoms with van der Waals surface area (Å²) in [5.41, 5.74) is 8.81. The molecule has 3 atom stereocenters. The number of hydrogen-bond donors (Lipinski definition) is 1. The molecule has 2 N–H and O–H groups in total. The Kier molecular flexibility index (Phi) is 3.00. The fraction of sp³-hybridized carbons (Fsp3) is 0.571. The number of piperidine rings is 1. The highest BCUT2D eigenvalue weighted by Gasteiger charge is 2.41. The quantitative estimate of drug-likeness (QED) is 0.780. The maximum atomic E-state index is 6.48. The van der Waals surface area contributed by atoms with Crippen LogP contribution in [0.4, 0.5) is 5.69 Å². The number of para-hydroxylation sites is 1. The molecule has 0 radical (unpaired) electrons. The number of likely N-dealkylation sites (tertiary alicyclic amines) is 1. The Morgan fingerprint density at radius 3 is 2.89 bits per heavy atom. The Morgan fingerprint density at radius 1 is 1.33 bits per heavy atom. The van der Waals surface area contributed by atoms with Crippen LogP contribution in [0.25, 0.3) is 0 Å². The van der Waals surface area contributed by atoms with Gasteiger partial charge in [0.25, 0.3) is 0 Å². The van der Waals surface area contributed by atoms with Crippen molar-refractivity contribution in [2.45, 2.75) is 18.5 Å². The van der Waals surface area contributed by atoms with E-state index in [4.69, 9.17) is 17.3 Å². The topological polar surface area (TPSA) is 32.5 Å². The van der Waals surface area contributed by atoms with Gasteiger partial charge in [0.15, 0.2) is 0 Å². The second-order valence-electron chi connectivity index (χ2n) is 5.60. The van der Waals surface area contributed by atoms with Gasteiger partial charge in [-0.1, -0.05) is 23.7 Å². The molecule has 2 heterocycles. The molecule has 2 aliphatic rings. The number of benzene rings is 1. The monoisotopic (exact) mass is 265 g/mol. The minimum atomic E-state index is 0.0997. The van der Waals surface area contributed by atoms with Crippen molar-refractivity contribution in [3.8, 4) is 0 Å². The van der Waals surface area contributed by atoms with Crippen LogP contribution in [0.3, 0.4) is 0 Å². The van der Waals surface area contributed by atoms with E-state index in [1.807, 2.05) is 12.1 Å². The summed E-state index contributed by atoms with van der Waals surface area (Å²) in [6, 6.07) is 6.69. The summed E-state index contributed by atoms with van der Waals surface area (Å²) >= 11 is 6.35. The molecule has 4 heteroatoms. The second-order valence-corrected chi connectivity index (χ2v) is 6.00. The van der Waals surface area contributed by atoms with Gasteiger partial charge in [0.1, 0.15) is 0 Å². The smallest absolute Gasteiger partial charge is 0.0643 e. The summed E-state index contributed by atoms with van der Waals surface area (Å²) in [6.45, 7) is 2.21. The van der Waals surface area contributed by atoms with E-state index in [0.717, 1.165) is 30.2 Å². The number of rotatable bonds is 0. The lowest BCUT2D eigenvalue weighted by molar-refractivity contribution is 0.154. The zero-order chi connectivity index (χ0) is 12.9. The number of hydrogen-bond acceptors (Lipinski definition) is 3. The van der Waals surface area contributed by atoms with Crippen molar-refractivity contribution in [2.24, 2.45) is 11.7 Å². The van der Waals surface area contributed by atoms with E-state index in [9.17, 15) is 0 Å². The molecule has 0 aromatic heterocycles. The van der Waals surface area contributed by atoms with Crippen molar-refractivity contribution in [1.82, 2.24) is 4.90 Å². The van der Waals surface area contributed by atoms with Crippen molar-refractivity contribution in [3.63, 3.8) is 0 Å². The van der Waals surface area contributed by atoms with E-state index in [1.165, 1.54) is 5.56 Å². The van der Waals surface area contributed by atoms with Gasteiger partial charge in [-0.2, -0.15) is 0 Å². The van der Waals surface area contributed by atoms with Crippen LogP contribution in [0.2, 0.25) is 5.02 Å². The zero-order valence-corrected chi connectivity index (χ0v) is 11.7. The molecule has 0 aliphatic carbocycles. The van der Waals surface area contributed by atoms with Gasteiger partial charge >= 0.3 is 0 Å². The van der Waals surface area contributed by atoms with Gasteiger partial charge < -0.3 is 15.5 Å². The molecular formula is C14H20ClN3. The number of fused-ring (bicyclic) bond motifs is 2. The fourth-order valence-electron chi connectivity index (χ4n) is 3.54. The largest absolute Gasteiger partial charge is 0.370 e. The molecule has 1 fully saturated rings. The molecule has 1 saturated heterocycles. The lowest BCUT2D eigenvalue weighted by Crippen LogP contribution is -2.55. The van der Waals surface area contributed by atoms with Crippen molar-refractivity contribution < 1.29 is 0 Å². The average Bonchev–Trinajstić information content (AvgIpc) is 2.35. The van der Waals surface area contributed by atoms with Crippen molar-refractivity contribution in [3.05, 3.63) is 28.8 Å². The van der Waals surface area contributed by atoms with E-state index in [0.29, 0.717) is 12.0 Å². The van der Waals surface area contributed by atoms with Crippen LogP contribution < -0.4 is 10.6 Å². The van der Waals surface area contributed by atoms with Crippen molar-refractivity contribution >= 4 is 17.3 Å². The average molecular weight is 266 g/mol. The second kappa shape index (κ2) is 4.41. The number of halogens is 1. The van der Waals surface area contributed by atoms with Gasteiger partial charge in [0, 0.05) is 31.6 Å². The maximum absolute atomic E-state index is 6.48. The molecule has 3 nitrogen and oxygen atoms in total. The first-order chi connectivity index (χ1) is 8.59. The Balaban J connectivity index is 2.06. The van der Waals surface area contributed by atoms with Crippen LogP contribution in [-0.4, -0.2) is 38.1 Å². The molecule has 98 valence electrons. The molecule has 18 heavy (non-hydrogen) atoms. The van der Waals surface area contributed by atoms with Gasteiger partial charge in [-0.15, -0.1) is 0 Å². The van der Waals surface area contributed by atoms with E-state index in [1.54, 1.807) is 0 Å². The molecule has 0 spiro atoms. The van der Waals surface area contributed by atoms with Crippen LogP contribution in [0.15, 0.2) is 18.2 Å². The Labute approximate surface area is 114 Å². The van der Waals surface area contributed by atoms with Gasteiger partial charge in [0.05, 0.1) is 10.7 Å². The molecule has 3 unspecified atom stereocenters. The fourth-order valence-corrected chi connectivity index (χ4v) is 3.86. The van der Waals surface area contributed by atoms with Crippen LogP contribution in [-0.2, 0) is 0 Å². The Morgan fingerprint density at radius 2 is 2.11 bits per heavy atom. The predicted octanol–water partition coefficient (Wildman–Crippen LogP) is 2.11. The summed E-state index contributed by atoms with van der Waals surface area (Å²) in [7, 11) is 4.33. The highest BCUT2D eigenvalue weighted by molar-refractivity contribution is 6.33. The lowest BCUT2D eigenvalue weighted by atomic mass is 9.78. The molecule has 1 aromatic carbocycles. The maximum Gasteiger partial charge on any atom is 0.0643 e. The minimum absolute atomic E-state index is 0.0997. The molecule has 1 aromatic rings. The standard InChI is InChI=1S/C14H20ClN3/c1-17-7-6-12-10(8-17)13(16)9-4-3-5-11(15)14(9)18(12)2/h3-5,10,12-13H,6-8,16H2,1-2H3.